The van der Waals surface area contributed by atoms with E-state index in [0.29, 0.717) is 24.2 Å². The van der Waals surface area contributed by atoms with Gasteiger partial charge in [-0.3, -0.25) is 0 Å². The standard InChI is InChI=1S/C27H29IO5/c28-16-23-24(30-17-20-10-4-1-5-11-20)25(31-18-21-12-6-2-7-13-21)26(27(29)33-23)32-19-22-14-8-3-9-15-22/h1-15,23-27,29H,16-19H2/t23-,24-,25+,26-,27+/m1/s1. The van der Waals surface area contributed by atoms with E-state index < -0.39 is 24.6 Å². The van der Waals surface area contributed by atoms with Crippen molar-refractivity contribution in [2.24, 2.45) is 0 Å². The molecule has 3 aromatic carbocycles. The lowest BCUT2D eigenvalue weighted by molar-refractivity contribution is -0.306. The molecule has 1 fully saturated rings. The average Bonchev–Trinajstić information content (AvgIpc) is 2.87. The first-order valence-electron chi connectivity index (χ1n) is 11.1. The fraction of sp³-hybridized carbons (Fsp3) is 0.333. The fourth-order valence-corrected chi connectivity index (χ4v) is 4.60. The summed E-state index contributed by atoms with van der Waals surface area (Å²) in [6.45, 7) is 1.16. The van der Waals surface area contributed by atoms with Crippen molar-refractivity contribution in [1.29, 1.82) is 0 Å². The molecule has 0 aliphatic carbocycles. The summed E-state index contributed by atoms with van der Waals surface area (Å²) in [6, 6.07) is 29.9. The molecule has 0 unspecified atom stereocenters. The Kier molecular flexibility index (Phi) is 9.28. The maximum Gasteiger partial charge on any atom is 0.184 e. The van der Waals surface area contributed by atoms with Gasteiger partial charge < -0.3 is 24.1 Å². The highest BCUT2D eigenvalue weighted by Crippen LogP contribution is 2.30. The smallest absolute Gasteiger partial charge is 0.184 e. The number of hydrogen-bond acceptors (Lipinski definition) is 5. The summed E-state index contributed by atoms with van der Waals surface area (Å²) >= 11 is 2.26. The monoisotopic (exact) mass is 560 g/mol. The van der Waals surface area contributed by atoms with E-state index in [9.17, 15) is 5.11 Å². The van der Waals surface area contributed by atoms with Gasteiger partial charge in [0.1, 0.15) is 18.3 Å². The topological polar surface area (TPSA) is 57.2 Å². The Bertz CT molecular complexity index is 941. The number of aliphatic hydroxyl groups is 1. The fourth-order valence-electron chi connectivity index (χ4n) is 3.89. The maximum atomic E-state index is 10.8. The number of hydrogen-bond donors (Lipinski definition) is 1. The molecule has 1 aliphatic rings. The number of benzene rings is 3. The predicted octanol–water partition coefficient (Wildman–Crippen LogP) is 4.89. The van der Waals surface area contributed by atoms with Gasteiger partial charge >= 0.3 is 0 Å². The molecule has 0 saturated carbocycles. The Hall–Kier alpha value is -1.81. The zero-order valence-corrected chi connectivity index (χ0v) is 20.5. The van der Waals surface area contributed by atoms with Crippen LogP contribution in [0.3, 0.4) is 0 Å². The van der Waals surface area contributed by atoms with E-state index in [1.165, 1.54) is 0 Å². The highest BCUT2D eigenvalue weighted by atomic mass is 127. The van der Waals surface area contributed by atoms with Crippen LogP contribution in [0.4, 0.5) is 0 Å². The molecule has 0 radical (unpaired) electrons. The average molecular weight is 560 g/mol. The predicted molar refractivity (Wildman–Crippen MR) is 135 cm³/mol. The van der Waals surface area contributed by atoms with Crippen molar-refractivity contribution in [2.45, 2.75) is 50.5 Å². The van der Waals surface area contributed by atoms with Gasteiger partial charge in [0.25, 0.3) is 0 Å². The lowest BCUT2D eigenvalue weighted by atomic mass is 9.98. The first-order chi connectivity index (χ1) is 16.2. The molecule has 3 aromatic rings. The van der Waals surface area contributed by atoms with E-state index in [-0.39, 0.29) is 6.10 Å². The normalized spacial score (nSPS) is 25.1. The van der Waals surface area contributed by atoms with Crippen molar-refractivity contribution in [3.05, 3.63) is 108 Å². The minimum absolute atomic E-state index is 0.318. The van der Waals surface area contributed by atoms with Crippen molar-refractivity contribution in [3.8, 4) is 0 Å². The first-order valence-corrected chi connectivity index (χ1v) is 12.6. The molecule has 174 valence electrons. The van der Waals surface area contributed by atoms with E-state index in [1.807, 2.05) is 91.0 Å². The second-order valence-corrected chi connectivity index (χ2v) is 8.88. The molecule has 0 bridgehead atoms. The number of ether oxygens (including phenoxy) is 4. The van der Waals surface area contributed by atoms with Crippen LogP contribution in [-0.4, -0.2) is 40.2 Å². The molecule has 4 rings (SSSR count). The second-order valence-electron chi connectivity index (χ2n) is 8.00. The van der Waals surface area contributed by atoms with E-state index in [1.54, 1.807) is 0 Å². The Morgan fingerprint density at radius 2 is 1.00 bits per heavy atom. The van der Waals surface area contributed by atoms with Crippen LogP contribution in [0, 0.1) is 0 Å². The van der Waals surface area contributed by atoms with Crippen LogP contribution in [0.2, 0.25) is 0 Å². The molecule has 0 amide bonds. The highest BCUT2D eigenvalue weighted by Gasteiger charge is 2.47. The summed E-state index contributed by atoms with van der Waals surface area (Å²) in [5, 5.41) is 10.8. The largest absolute Gasteiger partial charge is 0.368 e. The zero-order valence-electron chi connectivity index (χ0n) is 18.3. The van der Waals surface area contributed by atoms with Gasteiger partial charge in [-0.15, -0.1) is 0 Å². The van der Waals surface area contributed by atoms with Gasteiger partial charge in [-0.1, -0.05) is 114 Å². The molecule has 5 nitrogen and oxygen atoms in total. The van der Waals surface area contributed by atoms with Crippen LogP contribution < -0.4 is 0 Å². The third-order valence-corrected chi connectivity index (χ3v) is 6.49. The van der Waals surface area contributed by atoms with Crippen molar-refractivity contribution in [2.75, 3.05) is 4.43 Å². The van der Waals surface area contributed by atoms with Gasteiger partial charge in [-0.25, -0.2) is 0 Å². The quantitative estimate of drug-likeness (QED) is 0.283. The van der Waals surface area contributed by atoms with Gasteiger partial charge in [0.15, 0.2) is 6.29 Å². The molecule has 33 heavy (non-hydrogen) atoms. The number of aliphatic hydroxyl groups excluding tert-OH is 1. The molecule has 1 N–H and O–H groups in total. The molecule has 0 spiro atoms. The molecule has 6 heteroatoms. The van der Waals surface area contributed by atoms with Crippen LogP contribution in [0.25, 0.3) is 0 Å². The molecular formula is C27H29IO5. The van der Waals surface area contributed by atoms with Crippen LogP contribution in [-0.2, 0) is 38.8 Å². The summed E-state index contributed by atoms with van der Waals surface area (Å²) in [5.41, 5.74) is 3.14. The molecular weight excluding hydrogens is 531 g/mol. The molecule has 5 atom stereocenters. The Morgan fingerprint density at radius 1 is 0.606 bits per heavy atom. The summed E-state index contributed by atoms with van der Waals surface area (Å²) in [6.07, 6.45) is -3.00. The third-order valence-electron chi connectivity index (χ3n) is 5.62. The summed E-state index contributed by atoms with van der Waals surface area (Å²) in [7, 11) is 0. The molecule has 1 heterocycles. The summed E-state index contributed by atoms with van der Waals surface area (Å²) < 4.78 is 25.5. The summed E-state index contributed by atoms with van der Waals surface area (Å²) in [5.74, 6) is 0. The second kappa shape index (κ2) is 12.6. The molecule has 0 aromatic heterocycles. The summed E-state index contributed by atoms with van der Waals surface area (Å²) in [4.78, 5) is 0. The van der Waals surface area contributed by atoms with E-state index in [4.69, 9.17) is 18.9 Å². The van der Waals surface area contributed by atoms with Crippen molar-refractivity contribution in [1.82, 2.24) is 0 Å². The van der Waals surface area contributed by atoms with Crippen LogP contribution in [0.15, 0.2) is 91.0 Å². The Balaban J connectivity index is 1.53. The van der Waals surface area contributed by atoms with Gasteiger partial charge in [0.05, 0.1) is 25.9 Å². The lowest BCUT2D eigenvalue weighted by Crippen LogP contribution is -2.60. The third kappa shape index (κ3) is 6.85. The molecule has 1 saturated heterocycles. The van der Waals surface area contributed by atoms with Gasteiger partial charge in [-0.2, -0.15) is 0 Å². The lowest BCUT2D eigenvalue weighted by Gasteiger charge is -2.44. The Morgan fingerprint density at radius 3 is 1.42 bits per heavy atom. The SMILES string of the molecule is O[C@H]1O[C@H](CI)[C@@H](OCc2ccccc2)[C@H](OCc2ccccc2)[C@H]1OCc1ccccc1. The van der Waals surface area contributed by atoms with Gasteiger partial charge in [-0.05, 0) is 16.7 Å². The number of halogens is 1. The molecule has 1 aliphatic heterocycles. The minimum atomic E-state index is -1.11. The van der Waals surface area contributed by atoms with Crippen molar-refractivity contribution >= 4 is 22.6 Å². The van der Waals surface area contributed by atoms with E-state index in [0.717, 1.165) is 16.7 Å². The van der Waals surface area contributed by atoms with Crippen LogP contribution in [0.1, 0.15) is 16.7 Å². The highest BCUT2D eigenvalue weighted by molar-refractivity contribution is 14.1. The Labute approximate surface area is 208 Å². The number of alkyl halides is 1. The van der Waals surface area contributed by atoms with Crippen LogP contribution in [0.5, 0.6) is 0 Å². The van der Waals surface area contributed by atoms with E-state index in [2.05, 4.69) is 22.6 Å². The number of rotatable bonds is 10. The van der Waals surface area contributed by atoms with Crippen molar-refractivity contribution < 1.29 is 24.1 Å². The van der Waals surface area contributed by atoms with Crippen LogP contribution >= 0.6 is 22.6 Å². The zero-order chi connectivity index (χ0) is 22.9. The van der Waals surface area contributed by atoms with Crippen molar-refractivity contribution in [3.63, 3.8) is 0 Å². The minimum Gasteiger partial charge on any atom is -0.368 e. The van der Waals surface area contributed by atoms with Gasteiger partial charge in [0, 0.05) is 4.43 Å². The maximum absolute atomic E-state index is 10.8. The van der Waals surface area contributed by atoms with Gasteiger partial charge in [0.2, 0.25) is 0 Å². The first kappa shape index (κ1) is 24.3. The van der Waals surface area contributed by atoms with E-state index >= 15 is 0 Å².